The van der Waals surface area contributed by atoms with E-state index in [1.165, 1.54) is 18.2 Å². The topological polar surface area (TPSA) is 118 Å². The SMILES string of the molecule is Cc1ccc(S(=O)(=O)N2C[C@@H](C)[C@H](C(=O)O)C2)cc1C(N)=O. The van der Waals surface area contributed by atoms with E-state index in [4.69, 9.17) is 10.8 Å². The van der Waals surface area contributed by atoms with E-state index in [9.17, 15) is 18.0 Å². The lowest BCUT2D eigenvalue weighted by atomic mass is 9.99. The maximum atomic E-state index is 12.6. The van der Waals surface area contributed by atoms with Crippen LogP contribution in [0.3, 0.4) is 0 Å². The third kappa shape index (κ3) is 2.84. The lowest BCUT2D eigenvalue weighted by Crippen LogP contribution is -2.30. The number of aryl methyl sites for hydroxylation is 1. The fourth-order valence-electron chi connectivity index (χ4n) is 2.62. The fourth-order valence-corrected chi connectivity index (χ4v) is 4.21. The van der Waals surface area contributed by atoms with Crippen molar-refractivity contribution in [3.8, 4) is 0 Å². The minimum Gasteiger partial charge on any atom is -0.481 e. The predicted octanol–water partition coefficient (Wildman–Crippen LogP) is 0.435. The van der Waals surface area contributed by atoms with Gasteiger partial charge in [0.25, 0.3) is 0 Å². The normalized spacial score (nSPS) is 22.6. The van der Waals surface area contributed by atoms with Crippen molar-refractivity contribution >= 4 is 21.9 Å². The summed E-state index contributed by atoms with van der Waals surface area (Å²) in [6.07, 6.45) is 0. The number of aliphatic carboxylic acids is 1. The van der Waals surface area contributed by atoms with Crippen LogP contribution < -0.4 is 5.73 Å². The Balaban J connectivity index is 2.38. The Morgan fingerprint density at radius 3 is 2.45 bits per heavy atom. The molecule has 1 fully saturated rings. The van der Waals surface area contributed by atoms with Gasteiger partial charge in [0.1, 0.15) is 0 Å². The van der Waals surface area contributed by atoms with Gasteiger partial charge in [-0.3, -0.25) is 9.59 Å². The molecule has 0 saturated carbocycles. The van der Waals surface area contributed by atoms with Gasteiger partial charge < -0.3 is 10.8 Å². The second-order valence-electron chi connectivity index (χ2n) is 5.59. The summed E-state index contributed by atoms with van der Waals surface area (Å²) in [7, 11) is -3.85. The number of nitrogens with two attached hydrogens (primary N) is 1. The molecule has 1 aliphatic heterocycles. The molecule has 1 aromatic carbocycles. The number of benzene rings is 1. The summed E-state index contributed by atoms with van der Waals surface area (Å²) in [5.41, 5.74) is 5.97. The van der Waals surface area contributed by atoms with Crippen LogP contribution in [0.5, 0.6) is 0 Å². The predicted molar refractivity (Wildman–Crippen MR) is 78.7 cm³/mol. The molecular formula is C14H18N2O5S. The van der Waals surface area contributed by atoms with Crippen molar-refractivity contribution in [2.45, 2.75) is 18.7 Å². The standard InChI is InChI=1S/C14H18N2O5S/c1-8-3-4-10(5-11(8)13(15)17)22(20,21)16-6-9(2)12(7-16)14(18)19/h3-5,9,12H,6-7H2,1-2H3,(H2,15,17)(H,18,19)/t9-,12-/m1/s1. The average Bonchev–Trinajstić information content (AvgIpc) is 2.81. The van der Waals surface area contributed by atoms with Crippen LogP contribution in [0, 0.1) is 18.8 Å². The number of carboxylic acid groups (broad SMARTS) is 1. The van der Waals surface area contributed by atoms with Gasteiger partial charge in [0.2, 0.25) is 15.9 Å². The first-order chi connectivity index (χ1) is 10.1. The lowest BCUT2D eigenvalue weighted by molar-refractivity contribution is -0.142. The van der Waals surface area contributed by atoms with Crippen LogP contribution in [0.4, 0.5) is 0 Å². The second kappa shape index (κ2) is 5.69. The smallest absolute Gasteiger partial charge is 0.308 e. The molecular weight excluding hydrogens is 308 g/mol. The lowest BCUT2D eigenvalue weighted by Gasteiger charge is -2.17. The van der Waals surface area contributed by atoms with Crippen molar-refractivity contribution in [2.75, 3.05) is 13.1 Å². The first kappa shape index (κ1) is 16.4. The number of sulfonamides is 1. The number of hydrogen-bond donors (Lipinski definition) is 2. The van der Waals surface area contributed by atoms with E-state index in [1.54, 1.807) is 13.8 Å². The molecule has 2 atom stereocenters. The summed E-state index contributed by atoms with van der Waals surface area (Å²) >= 11 is 0. The quantitative estimate of drug-likeness (QED) is 0.832. The number of nitrogens with zero attached hydrogens (tertiary/aromatic N) is 1. The van der Waals surface area contributed by atoms with E-state index in [-0.39, 0.29) is 29.5 Å². The van der Waals surface area contributed by atoms with Gasteiger partial charge in [-0.25, -0.2) is 8.42 Å². The van der Waals surface area contributed by atoms with Gasteiger partial charge >= 0.3 is 5.97 Å². The Morgan fingerprint density at radius 1 is 1.32 bits per heavy atom. The van der Waals surface area contributed by atoms with Gasteiger partial charge in [-0.2, -0.15) is 4.31 Å². The van der Waals surface area contributed by atoms with Gasteiger partial charge in [-0.15, -0.1) is 0 Å². The first-order valence-electron chi connectivity index (χ1n) is 6.78. The maximum Gasteiger partial charge on any atom is 0.308 e. The van der Waals surface area contributed by atoms with Crippen molar-refractivity contribution in [3.63, 3.8) is 0 Å². The molecule has 0 unspecified atom stereocenters. The highest BCUT2D eigenvalue weighted by atomic mass is 32.2. The number of carbonyl (C=O) groups is 2. The van der Waals surface area contributed by atoms with Crippen molar-refractivity contribution in [1.29, 1.82) is 0 Å². The maximum absolute atomic E-state index is 12.6. The third-order valence-corrected chi connectivity index (χ3v) is 5.84. The van der Waals surface area contributed by atoms with Crippen LogP contribution in [0.1, 0.15) is 22.8 Å². The summed E-state index contributed by atoms with van der Waals surface area (Å²) in [5, 5.41) is 9.11. The van der Waals surface area contributed by atoms with E-state index in [0.29, 0.717) is 5.56 Å². The zero-order valence-corrected chi connectivity index (χ0v) is 13.1. The molecule has 8 heteroatoms. The fraction of sp³-hybridized carbons (Fsp3) is 0.429. The van der Waals surface area contributed by atoms with E-state index in [1.807, 2.05) is 0 Å². The van der Waals surface area contributed by atoms with Gasteiger partial charge in [-0.05, 0) is 30.5 Å². The number of carboxylic acids is 1. The number of carbonyl (C=O) groups excluding carboxylic acids is 1. The number of primary amides is 1. The second-order valence-corrected chi connectivity index (χ2v) is 7.52. The molecule has 1 aliphatic rings. The van der Waals surface area contributed by atoms with Crippen LogP contribution in [0.2, 0.25) is 0 Å². The Kier molecular flexibility index (Phi) is 4.25. The minimum absolute atomic E-state index is 0.0508. The number of hydrogen-bond acceptors (Lipinski definition) is 4. The molecule has 0 aromatic heterocycles. The molecule has 0 radical (unpaired) electrons. The Hall–Kier alpha value is -1.93. The zero-order valence-electron chi connectivity index (χ0n) is 12.3. The van der Waals surface area contributed by atoms with E-state index < -0.39 is 27.8 Å². The summed E-state index contributed by atoms with van der Waals surface area (Å²) < 4.78 is 26.4. The van der Waals surface area contributed by atoms with E-state index >= 15 is 0 Å². The molecule has 2 rings (SSSR count). The molecule has 120 valence electrons. The molecule has 3 N–H and O–H groups in total. The molecule has 1 heterocycles. The first-order valence-corrected chi connectivity index (χ1v) is 8.22. The van der Waals surface area contributed by atoms with Crippen molar-refractivity contribution in [2.24, 2.45) is 17.6 Å². The molecule has 7 nitrogen and oxygen atoms in total. The number of amides is 1. The highest BCUT2D eigenvalue weighted by Gasteiger charge is 2.40. The Morgan fingerprint density at radius 2 is 1.95 bits per heavy atom. The van der Waals surface area contributed by atoms with Crippen LogP contribution >= 0.6 is 0 Å². The largest absolute Gasteiger partial charge is 0.481 e. The molecule has 1 amide bonds. The average molecular weight is 326 g/mol. The van der Waals surface area contributed by atoms with Gasteiger partial charge in [0.15, 0.2) is 0 Å². The molecule has 0 aliphatic carbocycles. The van der Waals surface area contributed by atoms with Crippen LogP contribution in [-0.2, 0) is 14.8 Å². The van der Waals surface area contributed by atoms with Crippen LogP contribution in [0.25, 0.3) is 0 Å². The number of rotatable bonds is 4. The summed E-state index contributed by atoms with van der Waals surface area (Å²) in [6, 6.07) is 4.16. The van der Waals surface area contributed by atoms with Crippen molar-refractivity contribution < 1.29 is 23.1 Å². The molecule has 1 aromatic rings. The molecule has 0 spiro atoms. The van der Waals surface area contributed by atoms with Crippen LogP contribution in [0.15, 0.2) is 23.1 Å². The van der Waals surface area contributed by atoms with Gasteiger partial charge in [0, 0.05) is 18.7 Å². The summed E-state index contributed by atoms with van der Waals surface area (Å²) in [6.45, 7) is 3.44. The Bertz CT molecular complexity index is 729. The van der Waals surface area contributed by atoms with Crippen LogP contribution in [-0.4, -0.2) is 42.8 Å². The molecule has 1 saturated heterocycles. The third-order valence-electron chi connectivity index (χ3n) is 4.01. The zero-order chi connectivity index (χ0) is 16.7. The Labute approximate surface area is 128 Å². The monoisotopic (exact) mass is 326 g/mol. The summed E-state index contributed by atoms with van der Waals surface area (Å²) in [5.74, 6) is -2.70. The molecule has 0 bridgehead atoms. The minimum atomic E-state index is -3.85. The van der Waals surface area contributed by atoms with Gasteiger partial charge in [0.05, 0.1) is 10.8 Å². The van der Waals surface area contributed by atoms with E-state index in [0.717, 1.165) is 4.31 Å². The highest BCUT2D eigenvalue weighted by Crippen LogP contribution is 2.29. The van der Waals surface area contributed by atoms with Crippen molar-refractivity contribution in [1.82, 2.24) is 4.31 Å². The van der Waals surface area contributed by atoms with Gasteiger partial charge in [-0.1, -0.05) is 13.0 Å². The van der Waals surface area contributed by atoms with E-state index in [2.05, 4.69) is 0 Å². The van der Waals surface area contributed by atoms with Crippen molar-refractivity contribution in [3.05, 3.63) is 29.3 Å². The summed E-state index contributed by atoms with van der Waals surface area (Å²) in [4.78, 5) is 22.4. The highest BCUT2D eigenvalue weighted by molar-refractivity contribution is 7.89. The molecule has 22 heavy (non-hydrogen) atoms.